The van der Waals surface area contributed by atoms with Crippen LogP contribution in [-0.4, -0.2) is 92.3 Å². The second-order valence-corrected chi connectivity index (χ2v) is 9.33. The van der Waals surface area contributed by atoms with Crippen LogP contribution in [0.3, 0.4) is 0 Å². The summed E-state index contributed by atoms with van der Waals surface area (Å²) in [7, 11) is 3.15. The number of aliphatic hydroxyl groups is 2. The summed E-state index contributed by atoms with van der Waals surface area (Å²) < 4.78 is 22.4. The average molecular weight is 541 g/mol. The Bertz CT molecular complexity index is 1200. The van der Waals surface area contributed by atoms with Crippen LogP contribution in [0.2, 0.25) is 0 Å². The van der Waals surface area contributed by atoms with E-state index in [1.54, 1.807) is 45.4 Å². The fraction of sp³-hybridized carbons (Fsp3) is 0.448. The SMILES string of the molecule is CCOCC(=O)N(CCc1cc(OC)ccc1OC)[C@@H]1C=C(C(=O)NCCO)[C@@H]2c3ccccc3O[C@@H]2[C@H]1O. The van der Waals surface area contributed by atoms with Crippen LogP contribution in [0.4, 0.5) is 0 Å². The van der Waals surface area contributed by atoms with Gasteiger partial charge in [0.1, 0.15) is 36.1 Å². The van der Waals surface area contributed by atoms with Crippen molar-refractivity contribution in [2.45, 2.75) is 37.5 Å². The molecule has 0 fully saturated rings. The van der Waals surface area contributed by atoms with Gasteiger partial charge in [0, 0.05) is 30.8 Å². The van der Waals surface area contributed by atoms with E-state index >= 15 is 0 Å². The number of methoxy groups -OCH3 is 2. The number of aliphatic hydroxyl groups excluding tert-OH is 2. The number of hydrogen-bond donors (Lipinski definition) is 3. The normalized spacial score (nSPS) is 21.2. The molecule has 0 aromatic heterocycles. The fourth-order valence-corrected chi connectivity index (χ4v) is 5.22. The minimum absolute atomic E-state index is 0.0753. The first kappa shape index (κ1) is 28.4. The second kappa shape index (κ2) is 13.0. The van der Waals surface area contributed by atoms with Gasteiger partial charge in [0.25, 0.3) is 0 Å². The molecule has 1 heterocycles. The maximum atomic E-state index is 13.4. The van der Waals surface area contributed by atoms with Crippen molar-refractivity contribution in [1.29, 1.82) is 0 Å². The first-order valence-electron chi connectivity index (χ1n) is 13.1. The van der Waals surface area contributed by atoms with Gasteiger partial charge in [-0.3, -0.25) is 9.59 Å². The summed E-state index contributed by atoms with van der Waals surface area (Å²) in [5, 5.41) is 23.6. The molecule has 10 nitrogen and oxygen atoms in total. The molecule has 4 atom stereocenters. The highest BCUT2D eigenvalue weighted by Gasteiger charge is 2.50. The number of rotatable bonds is 12. The third kappa shape index (κ3) is 6.03. The zero-order valence-electron chi connectivity index (χ0n) is 22.5. The van der Waals surface area contributed by atoms with Gasteiger partial charge in [0.2, 0.25) is 11.8 Å². The Morgan fingerprint density at radius 1 is 1.13 bits per heavy atom. The van der Waals surface area contributed by atoms with Crippen molar-refractivity contribution >= 4 is 11.8 Å². The van der Waals surface area contributed by atoms with Gasteiger partial charge in [-0.25, -0.2) is 0 Å². The number of carbonyl (C=O) groups is 2. The molecule has 39 heavy (non-hydrogen) atoms. The van der Waals surface area contributed by atoms with E-state index < -0.39 is 24.2 Å². The van der Waals surface area contributed by atoms with E-state index in [1.807, 2.05) is 24.3 Å². The zero-order chi connectivity index (χ0) is 27.9. The average Bonchev–Trinajstić information content (AvgIpc) is 3.36. The van der Waals surface area contributed by atoms with E-state index in [0.29, 0.717) is 35.8 Å². The van der Waals surface area contributed by atoms with Crippen LogP contribution in [0.25, 0.3) is 0 Å². The van der Waals surface area contributed by atoms with Gasteiger partial charge in [0.15, 0.2) is 0 Å². The Labute approximate surface area is 228 Å². The van der Waals surface area contributed by atoms with Crippen LogP contribution in [0.15, 0.2) is 54.1 Å². The van der Waals surface area contributed by atoms with Gasteiger partial charge < -0.3 is 39.4 Å². The molecule has 0 spiro atoms. The topological polar surface area (TPSA) is 127 Å². The van der Waals surface area contributed by atoms with Crippen molar-refractivity contribution in [1.82, 2.24) is 10.2 Å². The van der Waals surface area contributed by atoms with Crippen molar-refractivity contribution in [3.05, 3.63) is 65.2 Å². The van der Waals surface area contributed by atoms with Gasteiger partial charge in [-0.1, -0.05) is 18.2 Å². The molecule has 2 amide bonds. The number of ether oxygens (including phenoxy) is 4. The van der Waals surface area contributed by atoms with E-state index in [-0.39, 0.29) is 38.1 Å². The maximum absolute atomic E-state index is 13.4. The lowest BCUT2D eigenvalue weighted by atomic mass is 9.77. The van der Waals surface area contributed by atoms with Crippen molar-refractivity contribution in [2.75, 3.05) is 47.1 Å². The molecular weight excluding hydrogens is 504 g/mol. The minimum Gasteiger partial charge on any atom is -0.497 e. The smallest absolute Gasteiger partial charge is 0.249 e. The number of para-hydroxylation sites is 1. The standard InChI is InChI=1S/C29H36N2O8/c1-4-38-17-25(33)31(13-11-18-15-19(36-2)9-10-23(18)37-3)22-16-21(29(35)30-12-14-32)26-20-7-5-6-8-24(20)39-28(26)27(22)34/h5-10,15-16,22,26-28,32,34H,4,11-14,17H2,1-3H3,(H,30,35)/t22-,26+,27+,28+/m1/s1. The molecular formula is C29H36N2O8. The lowest BCUT2D eigenvalue weighted by Crippen LogP contribution is -2.56. The molecule has 0 saturated carbocycles. The Morgan fingerprint density at radius 2 is 1.92 bits per heavy atom. The highest BCUT2D eigenvalue weighted by molar-refractivity contribution is 5.96. The van der Waals surface area contributed by atoms with E-state index in [2.05, 4.69) is 5.32 Å². The predicted molar refractivity (Wildman–Crippen MR) is 143 cm³/mol. The van der Waals surface area contributed by atoms with Crippen molar-refractivity contribution in [3.63, 3.8) is 0 Å². The predicted octanol–water partition coefficient (Wildman–Crippen LogP) is 1.43. The summed E-state index contributed by atoms with van der Waals surface area (Å²) >= 11 is 0. The molecule has 0 unspecified atom stereocenters. The molecule has 0 radical (unpaired) electrons. The van der Waals surface area contributed by atoms with Crippen LogP contribution >= 0.6 is 0 Å². The quantitative estimate of drug-likeness (QED) is 0.369. The molecule has 3 N–H and O–H groups in total. The number of nitrogens with zero attached hydrogens (tertiary/aromatic N) is 1. The number of nitrogens with one attached hydrogen (secondary N) is 1. The Balaban J connectivity index is 1.71. The van der Waals surface area contributed by atoms with Crippen LogP contribution in [0.1, 0.15) is 24.0 Å². The Kier molecular flexibility index (Phi) is 9.45. The highest BCUT2D eigenvalue weighted by Crippen LogP contribution is 2.47. The van der Waals surface area contributed by atoms with Gasteiger partial charge >= 0.3 is 0 Å². The number of hydrogen-bond acceptors (Lipinski definition) is 8. The minimum atomic E-state index is -1.12. The monoisotopic (exact) mass is 540 g/mol. The summed E-state index contributed by atoms with van der Waals surface area (Å²) in [5.41, 5.74) is 1.99. The van der Waals surface area contributed by atoms with Gasteiger partial charge in [-0.15, -0.1) is 0 Å². The maximum Gasteiger partial charge on any atom is 0.249 e. The molecule has 2 aliphatic rings. The molecule has 210 valence electrons. The Hall–Kier alpha value is -3.60. The van der Waals surface area contributed by atoms with Crippen molar-refractivity contribution in [2.24, 2.45) is 0 Å². The van der Waals surface area contributed by atoms with Gasteiger partial charge in [-0.2, -0.15) is 0 Å². The van der Waals surface area contributed by atoms with E-state index in [4.69, 9.17) is 18.9 Å². The van der Waals surface area contributed by atoms with Gasteiger partial charge in [-0.05, 0) is 49.2 Å². The van der Waals surface area contributed by atoms with Crippen molar-refractivity contribution in [3.8, 4) is 17.2 Å². The summed E-state index contributed by atoms with van der Waals surface area (Å²) in [5.74, 6) is 0.644. The molecule has 10 heteroatoms. The summed E-state index contributed by atoms with van der Waals surface area (Å²) in [6.07, 6.45) is 0.156. The third-order valence-electron chi connectivity index (χ3n) is 7.10. The van der Waals surface area contributed by atoms with Crippen LogP contribution < -0.4 is 19.5 Å². The lowest BCUT2D eigenvalue weighted by Gasteiger charge is -2.40. The van der Waals surface area contributed by atoms with E-state index in [9.17, 15) is 19.8 Å². The molecule has 2 aromatic carbocycles. The van der Waals surface area contributed by atoms with Crippen LogP contribution in [-0.2, 0) is 20.7 Å². The molecule has 2 aromatic rings. The number of fused-ring (bicyclic) bond motifs is 3. The first-order valence-corrected chi connectivity index (χ1v) is 13.1. The largest absolute Gasteiger partial charge is 0.497 e. The summed E-state index contributed by atoms with van der Waals surface area (Å²) in [6.45, 7) is 2.04. The molecule has 0 saturated heterocycles. The number of amides is 2. The molecule has 1 aliphatic heterocycles. The van der Waals surface area contributed by atoms with Crippen molar-refractivity contribution < 1.29 is 38.7 Å². The summed E-state index contributed by atoms with van der Waals surface area (Å²) in [4.78, 5) is 28.2. The molecule has 1 aliphatic carbocycles. The number of carbonyl (C=O) groups excluding carboxylic acids is 2. The second-order valence-electron chi connectivity index (χ2n) is 9.33. The first-order chi connectivity index (χ1) is 18.9. The van der Waals surface area contributed by atoms with Crippen LogP contribution in [0.5, 0.6) is 17.2 Å². The van der Waals surface area contributed by atoms with Gasteiger partial charge in [0.05, 0.1) is 32.8 Å². The number of benzene rings is 2. The zero-order valence-corrected chi connectivity index (χ0v) is 22.5. The van der Waals surface area contributed by atoms with Crippen LogP contribution in [0, 0.1) is 0 Å². The third-order valence-corrected chi connectivity index (χ3v) is 7.10. The lowest BCUT2D eigenvalue weighted by molar-refractivity contribution is -0.141. The Morgan fingerprint density at radius 3 is 2.64 bits per heavy atom. The highest BCUT2D eigenvalue weighted by atomic mass is 16.5. The van der Waals surface area contributed by atoms with E-state index in [1.165, 1.54) is 4.90 Å². The van der Waals surface area contributed by atoms with E-state index in [0.717, 1.165) is 11.1 Å². The summed E-state index contributed by atoms with van der Waals surface area (Å²) in [6, 6.07) is 11.9. The molecule has 0 bridgehead atoms. The fourth-order valence-electron chi connectivity index (χ4n) is 5.22. The molecule has 4 rings (SSSR count).